The summed E-state index contributed by atoms with van der Waals surface area (Å²) in [5.41, 5.74) is 3.74. The molecule has 0 spiro atoms. The molecule has 0 aliphatic heterocycles. The van der Waals surface area contributed by atoms with Crippen LogP contribution in [0.5, 0.6) is 0 Å². The maximum atomic E-state index is 14.2. The summed E-state index contributed by atoms with van der Waals surface area (Å²) >= 11 is 6.52. The molecule has 1 aliphatic rings. The highest BCUT2D eigenvalue weighted by Gasteiger charge is 2.34. The van der Waals surface area contributed by atoms with E-state index in [1.807, 2.05) is 62.4 Å². The summed E-state index contributed by atoms with van der Waals surface area (Å²) in [6.07, 6.45) is 5.27. The Kier molecular flexibility index (Phi) is 10.1. The number of aryl methyl sites for hydroxylation is 2. The van der Waals surface area contributed by atoms with E-state index in [0.29, 0.717) is 16.3 Å². The molecule has 1 aliphatic carbocycles. The standard InChI is InChI=1S/C32H38ClN3O4S/c1-23-17-24(2)19-28(18-23)36(41(3,39)40)22-31(37)35(21-26-13-7-10-16-29(26)33)30(20-25-11-5-4-6-12-25)32(38)34-27-14-8-9-15-27/h4-7,10-13,16-19,27,30H,8-9,14-15,20-22H2,1-3H3,(H,34,38)/t30-/m1/s1. The van der Waals surface area contributed by atoms with Gasteiger partial charge in [0.15, 0.2) is 0 Å². The third-order valence-corrected chi connectivity index (χ3v) is 8.95. The number of anilines is 1. The van der Waals surface area contributed by atoms with E-state index in [-0.39, 0.29) is 24.9 Å². The van der Waals surface area contributed by atoms with Crippen molar-refractivity contribution < 1.29 is 18.0 Å². The van der Waals surface area contributed by atoms with Crippen molar-refractivity contribution in [1.82, 2.24) is 10.2 Å². The molecule has 0 unspecified atom stereocenters. The Hall–Kier alpha value is -3.36. The van der Waals surface area contributed by atoms with Crippen LogP contribution < -0.4 is 9.62 Å². The highest BCUT2D eigenvalue weighted by Crippen LogP contribution is 2.25. The third-order valence-electron chi connectivity index (χ3n) is 7.44. The van der Waals surface area contributed by atoms with Crippen molar-refractivity contribution in [1.29, 1.82) is 0 Å². The Morgan fingerprint density at radius 1 is 0.951 bits per heavy atom. The second-order valence-electron chi connectivity index (χ2n) is 10.9. The fourth-order valence-corrected chi connectivity index (χ4v) is 6.47. The number of amides is 2. The predicted octanol–water partition coefficient (Wildman–Crippen LogP) is 5.42. The number of nitrogens with one attached hydrogen (secondary N) is 1. The van der Waals surface area contributed by atoms with Gasteiger partial charge in [-0.25, -0.2) is 8.42 Å². The number of nitrogens with zero attached hydrogens (tertiary/aromatic N) is 2. The number of sulfonamides is 1. The fraction of sp³-hybridized carbons (Fsp3) is 0.375. The molecule has 0 aromatic heterocycles. The smallest absolute Gasteiger partial charge is 0.244 e. The van der Waals surface area contributed by atoms with E-state index in [1.165, 1.54) is 4.90 Å². The molecule has 4 rings (SSSR count). The normalized spacial score (nSPS) is 14.4. The molecular formula is C32H38ClN3O4S. The molecule has 1 fully saturated rings. The van der Waals surface area contributed by atoms with Gasteiger partial charge in [-0.1, -0.05) is 79.0 Å². The minimum Gasteiger partial charge on any atom is -0.352 e. The minimum atomic E-state index is -3.83. The number of hydrogen-bond acceptors (Lipinski definition) is 4. The first kappa shape index (κ1) is 30.6. The summed E-state index contributed by atoms with van der Waals surface area (Å²) in [4.78, 5) is 29.6. The second kappa shape index (κ2) is 13.5. The highest BCUT2D eigenvalue weighted by atomic mass is 35.5. The van der Waals surface area contributed by atoms with Crippen molar-refractivity contribution in [2.24, 2.45) is 0 Å². The van der Waals surface area contributed by atoms with E-state index >= 15 is 0 Å². The monoisotopic (exact) mass is 595 g/mol. The molecule has 7 nitrogen and oxygen atoms in total. The second-order valence-corrected chi connectivity index (χ2v) is 13.2. The van der Waals surface area contributed by atoms with Gasteiger partial charge in [-0.05, 0) is 67.1 Å². The van der Waals surface area contributed by atoms with Crippen LogP contribution in [0.15, 0.2) is 72.8 Å². The fourth-order valence-electron chi connectivity index (χ4n) is 5.44. The van der Waals surface area contributed by atoms with Crippen LogP contribution >= 0.6 is 11.6 Å². The molecule has 2 amide bonds. The molecular weight excluding hydrogens is 558 g/mol. The van der Waals surface area contributed by atoms with E-state index in [1.54, 1.807) is 24.3 Å². The Labute approximate surface area is 248 Å². The van der Waals surface area contributed by atoms with E-state index in [4.69, 9.17) is 11.6 Å². The van der Waals surface area contributed by atoms with Crippen molar-refractivity contribution in [3.8, 4) is 0 Å². The SMILES string of the molecule is Cc1cc(C)cc(N(CC(=O)N(Cc2ccccc2Cl)[C@H](Cc2ccccc2)C(=O)NC2CCCC2)S(C)(=O)=O)c1. The van der Waals surface area contributed by atoms with Crippen LogP contribution in [-0.2, 0) is 32.6 Å². The van der Waals surface area contributed by atoms with Gasteiger partial charge in [0.05, 0.1) is 11.9 Å². The lowest BCUT2D eigenvalue weighted by atomic mass is 10.0. The molecule has 0 saturated heterocycles. The van der Waals surface area contributed by atoms with Crippen molar-refractivity contribution >= 4 is 39.1 Å². The summed E-state index contributed by atoms with van der Waals surface area (Å²) in [5.74, 6) is -0.740. The molecule has 0 bridgehead atoms. The predicted molar refractivity (Wildman–Crippen MR) is 164 cm³/mol. The zero-order valence-electron chi connectivity index (χ0n) is 23.8. The van der Waals surface area contributed by atoms with Crippen LogP contribution in [0.1, 0.15) is 47.9 Å². The van der Waals surface area contributed by atoms with Crippen molar-refractivity contribution in [3.05, 3.63) is 100 Å². The number of carbonyl (C=O) groups excluding carboxylic acids is 2. The first-order chi connectivity index (χ1) is 19.5. The Bertz CT molecular complexity index is 1450. The summed E-state index contributed by atoms with van der Waals surface area (Å²) < 4.78 is 27.1. The van der Waals surface area contributed by atoms with Crippen LogP contribution in [-0.4, -0.2) is 50.0 Å². The van der Waals surface area contributed by atoms with Gasteiger partial charge in [-0.2, -0.15) is 0 Å². The quantitative estimate of drug-likeness (QED) is 0.321. The molecule has 3 aromatic carbocycles. The summed E-state index contributed by atoms with van der Waals surface area (Å²) in [6, 6.07) is 21.3. The molecule has 1 N–H and O–H groups in total. The van der Waals surface area contributed by atoms with Gasteiger partial charge in [0.25, 0.3) is 0 Å². The molecule has 9 heteroatoms. The maximum absolute atomic E-state index is 14.2. The average molecular weight is 596 g/mol. The largest absolute Gasteiger partial charge is 0.352 e. The van der Waals surface area contributed by atoms with Gasteiger partial charge in [-0.15, -0.1) is 0 Å². The number of hydrogen-bond donors (Lipinski definition) is 1. The lowest BCUT2D eigenvalue weighted by molar-refractivity contribution is -0.140. The lowest BCUT2D eigenvalue weighted by Gasteiger charge is -2.34. The molecule has 218 valence electrons. The van der Waals surface area contributed by atoms with Crippen LogP contribution in [0.3, 0.4) is 0 Å². The number of halogens is 1. The first-order valence-corrected chi connectivity index (χ1v) is 16.2. The average Bonchev–Trinajstić information content (AvgIpc) is 3.42. The van der Waals surface area contributed by atoms with Crippen LogP contribution in [0.25, 0.3) is 0 Å². The van der Waals surface area contributed by atoms with Gasteiger partial charge >= 0.3 is 0 Å². The van der Waals surface area contributed by atoms with Gasteiger partial charge in [0.1, 0.15) is 12.6 Å². The summed E-state index contributed by atoms with van der Waals surface area (Å²) in [7, 11) is -3.83. The van der Waals surface area contributed by atoms with Crippen LogP contribution in [0.2, 0.25) is 5.02 Å². The summed E-state index contributed by atoms with van der Waals surface area (Å²) in [6.45, 7) is 3.37. The minimum absolute atomic E-state index is 0.0541. The van der Waals surface area contributed by atoms with E-state index in [0.717, 1.165) is 52.9 Å². The van der Waals surface area contributed by atoms with Crippen molar-refractivity contribution in [3.63, 3.8) is 0 Å². The van der Waals surface area contributed by atoms with Crippen molar-refractivity contribution in [2.75, 3.05) is 17.1 Å². The van der Waals surface area contributed by atoms with Gasteiger partial charge in [-0.3, -0.25) is 13.9 Å². The topological polar surface area (TPSA) is 86.8 Å². The van der Waals surface area contributed by atoms with E-state index < -0.39 is 28.5 Å². The van der Waals surface area contributed by atoms with Crippen molar-refractivity contribution in [2.45, 2.75) is 64.6 Å². The van der Waals surface area contributed by atoms with Crippen LogP contribution in [0.4, 0.5) is 5.69 Å². The molecule has 1 saturated carbocycles. The van der Waals surface area contributed by atoms with Gasteiger partial charge in [0, 0.05) is 24.0 Å². The zero-order valence-corrected chi connectivity index (χ0v) is 25.4. The number of carbonyl (C=O) groups is 2. The highest BCUT2D eigenvalue weighted by molar-refractivity contribution is 7.92. The summed E-state index contributed by atoms with van der Waals surface area (Å²) in [5, 5.41) is 3.63. The molecule has 41 heavy (non-hydrogen) atoms. The Morgan fingerprint density at radius 2 is 1.56 bits per heavy atom. The lowest BCUT2D eigenvalue weighted by Crippen LogP contribution is -2.54. The maximum Gasteiger partial charge on any atom is 0.244 e. The molecule has 0 heterocycles. The number of benzene rings is 3. The van der Waals surface area contributed by atoms with Gasteiger partial charge in [0.2, 0.25) is 21.8 Å². The molecule has 0 radical (unpaired) electrons. The van der Waals surface area contributed by atoms with E-state index in [9.17, 15) is 18.0 Å². The number of rotatable bonds is 11. The Morgan fingerprint density at radius 3 is 2.17 bits per heavy atom. The molecule has 1 atom stereocenters. The van der Waals surface area contributed by atoms with Gasteiger partial charge < -0.3 is 10.2 Å². The molecule has 3 aromatic rings. The Balaban J connectivity index is 1.75. The third kappa shape index (κ3) is 8.33. The van der Waals surface area contributed by atoms with Crippen LogP contribution in [0, 0.1) is 13.8 Å². The zero-order chi connectivity index (χ0) is 29.6. The first-order valence-electron chi connectivity index (χ1n) is 13.9. The van der Waals surface area contributed by atoms with E-state index in [2.05, 4.69) is 5.32 Å².